The fraction of sp³-hybridized carbons (Fsp3) is 0.0769. The maximum Gasteiger partial charge on any atom is 0.252 e. The lowest BCUT2D eigenvalue weighted by molar-refractivity contribution is 0.681. The number of hydrogen-bond acceptors (Lipinski definition) is 4. The number of hydrogen-bond donors (Lipinski definition) is 0. The van der Waals surface area contributed by atoms with E-state index in [-0.39, 0.29) is 5.82 Å². The van der Waals surface area contributed by atoms with E-state index >= 15 is 0 Å². The summed E-state index contributed by atoms with van der Waals surface area (Å²) in [6, 6.07) is 9.78. The summed E-state index contributed by atoms with van der Waals surface area (Å²) < 4.78 is 3.45. The van der Waals surface area contributed by atoms with Crippen LogP contribution in [0.5, 0.6) is 0 Å². The Bertz CT molecular complexity index is 827. The molecule has 3 aromatic heterocycles. The van der Waals surface area contributed by atoms with Gasteiger partial charge in [-0.2, -0.15) is 10.5 Å². The predicted octanol–water partition coefficient (Wildman–Crippen LogP) is 1.32. The highest BCUT2D eigenvalue weighted by atomic mass is 15.3. The summed E-state index contributed by atoms with van der Waals surface area (Å²) >= 11 is 0. The number of pyridine rings is 1. The molecule has 6 nitrogen and oxygen atoms in total. The topological polar surface area (TPSA) is 82.7 Å². The molecule has 0 atom stereocenters. The molecule has 0 spiro atoms. The Kier molecular flexibility index (Phi) is 2.48. The first-order valence-corrected chi connectivity index (χ1v) is 5.60. The Morgan fingerprint density at radius 2 is 2.11 bits per heavy atom. The van der Waals surface area contributed by atoms with Crippen molar-refractivity contribution in [3.05, 3.63) is 53.9 Å². The molecule has 0 saturated heterocycles. The van der Waals surface area contributed by atoms with Crippen molar-refractivity contribution in [1.29, 1.82) is 10.5 Å². The first-order chi connectivity index (χ1) is 9.31. The van der Waals surface area contributed by atoms with Gasteiger partial charge >= 0.3 is 0 Å². The molecule has 0 aliphatic heterocycles. The third-order valence-electron chi connectivity index (χ3n) is 2.84. The van der Waals surface area contributed by atoms with Crippen LogP contribution < -0.4 is 0 Å². The number of rotatable bonds is 2. The quantitative estimate of drug-likeness (QED) is 0.684. The Morgan fingerprint density at radius 1 is 1.21 bits per heavy atom. The molecular weight excluding hydrogens is 240 g/mol. The summed E-state index contributed by atoms with van der Waals surface area (Å²) in [5.74, 6) is 0.127. The molecule has 3 rings (SSSR count). The summed E-state index contributed by atoms with van der Waals surface area (Å²) in [5.41, 5.74) is 2.33. The Morgan fingerprint density at radius 3 is 2.84 bits per heavy atom. The maximum absolute atomic E-state index is 9.27. The van der Waals surface area contributed by atoms with Gasteiger partial charge in [-0.1, -0.05) is 6.07 Å². The van der Waals surface area contributed by atoms with E-state index in [4.69, 9.17) is 5.26 Å². The van der Waals surface area contributed by atoms with Gasteiger partial charge in [-0.3, -0.25) is 0 Å². The van der Waals surface area contributed by atoms with E-state index < -0.39 is 0 Å². The fourth-order valence-corrected chi connectivity index (χ4v) is 2.02. The second-order valence-corrected chi connectivity index (χ2v) is 4.01. The van der Waals surface area contributed by atoms with Gasteiger partial charge in [0, 0.05) is 18.0 Å². The van der Waals surface area contributed by atoms with E-state index in [0.29, 0.717) is 12.1 Å². The highest BCUT2D eigenvalue weighted by molar-refractivity contribution is 5.65. The molecule has 0 bridgehead atoms. The zero-order valence-electron chi connectivity index (χ0n) is 9.85. The molecule has 3 heterocycles. The second-order valence-electron chi connectivity index (χ2n) is 4.01. The SMILES string of the molecule is N#Cc1ncn(Cc2cn3ccccc3c2C#N)n1. The van der Waals surface area contributed by atoms with Crippen molar-refractivity contribution in [3.8, 4) is 12.1 Å². The van der Waals surface area contributed by atoms with Crippen LogP contribution in [0, 0.1) is 22.7 Å². The van der Waals surface area contributed by atoms with E-state index in [2.05, 4.69) is 16.2 Å². The van der Waals surface area contributed by atoms with Gasteiger partial charge in [0.25, 0.3) is 5.82 Å². The van der Waals surface area contributed by atoms with E-state index in [1.807, 2.05) is 41.1 Å². The van der Waals surface area contributed by atoms with Crippen LogP contribution in [0.1, 0.15) is 17.0 Å². The summed E-state index contributed by atoms with van der Waals surface area (Å²) in [6.07, 6.45) is 5.27. The van der Waals surface area contributed by atoms with Crippen LogP contribution in [0.15, 0.2) is 36.9 Å². The van der Waals surface area contributed by atoms with Gasteiger partial charge in [-0.05, 0) is 12.1 Å². The van der Waals surface area contributed by atoms with Crippen LogP contribution in [0.25, 0.3) is 5.52 Å². The molecule has 0 radical (unpaired) electrons. The van der Waals surface area contributed by atoms with Crippen LogP contribution in [0.2, 0.25) is 0 Å². The van der Waals surface area contributed by atoms with Gasteiger partial charge in [0.2, 0.25) is 0 Å². The van der Waals surface area contributed by atoms with E-state index in [9.17, 15) is 5.26 Å². The Labute approximate surface area is 108 Å². The molecule has 0 amide bonds. The van der Waals surface area contributed by atoms with Crippen molar-refractivity contribution in [2.75, 3.05) is 0 Å². The average Bonchev–Trinajstić information content (AvgIpc) is 3.02. The second kappa shape index (κ2) is 4.28. The molecule has 0 aromatic carbocycles. The van der Waals surface area contributed by atoms with Crippen molar-refractivity contribution in [3.63, 3.8) is 0 Å². The minimum Gasteiger partial charge on any atom is -0.322 e. The minimum absolute atomic E-state index is 0.127. The smallest absolute Gasteiger partial charge is 0.252 e. The molecular formula is C13H8N6. The first-order valence-electron chi connectivity index (χ1n) is 5.60. The minimum atomic E-state index is 0.127. The van der Waals surface area contributed by atoms with Gasteiger partial charge in [0.05, 0.1) is 17.6 Å². The Balaban J connectivity index is 2.06. The lowest BCUT2D eigenvalue weighted by Gasteiger charge is -1.97. The number of fused-ring (bicyclic) bond motifs is 1. The zero-order valence-corrected chi connectivity index (χ0v) is 9.85. The van der Waals surface area contributed by atoms with Gasteiger partial charge in [-0.25, -0.2) is 9.67 Å². The van der Waals surface area contributed by atoms with Gasteiger partial charge in [-0.15, -0.1) is 5.10 Å². The molecule has 0 N–H and O–H groups in total. The van der Waals surface area contributed by atoms with E-state index in [1.165, 1.54) is 6.33 Å². The zero-order chi connectivity index (χ0) is 13.2. The molecule has 0 fully saturated rings. The van der Waals surface area contributed by atoms with Crippen molar-refractivity contribution in [2.45, 2.75) is 6.54 Å². The van der Waals surface area contributed by atoms with Crippen molar-refractivity contribution >= 4 is 5.52 Å². The predicted molar refractivity (Wildman–Crippen MR) is 66.0 cm³/mol. The summed E-state index contributed by atoms with van der Waals surface area (Å²) in [5, 5.41) is 22.0. The van der Waals surface area contributed by atoms with Gasteiger partial charge in [0.1, 0.15) is 18.5 Å². The molecule has 0 aliphatic rings. The lowest BCUT2D eigenvalue weighted by Crippen LogP contribution is -2.01. The fourth-order valence-electron chi connectivity index (χ4n) is 2.02. The molecule has 0 unspecified atom stereocenters. The summed E-state index contributed by atoms with van der Waals surface area (Å²) in [4.78, 5) is 3.84. The van der Waals surface area contributed by atoms with Crippen LogP contribution in [0.3, 0.4) is 0 Å². The van der Waals surface area contributed by atoms with E-state index in [1.54, 1.807) is 4.68 Å². The number of nitrogens with zero attached hydrogens (tertiary/aromatic N) is 6. The molecule has 90 valence electrons. The third kappa shape index (κ3) is 1.81. The Hall–Kier alpha value is -3.12. The molecule has 0 aliphatic carbocycles. The van der Waals surface area contributed by atoms with Gasteiger partial charge < -0.3 is 4.40 Å². The number of nitriles is 2. The summed E-state index contributed by atoms with van der Waals surface area (Å²) in [7, 11) is 0. The van der Waals surface area contributed by atoms with Crippen molar-refractivity contribution in [1.82, 2.24) is 19.2 Å². The third-order valence-corrected chi connectivity index (χ3v) is 2.84. The van der Waals surface area contributed by atoms with Crippen LogP contribution >= 0.6 is 0 Å². The average molecular weight is 248 g/mol. The van der Waals surface area contributed by atoms with Gasteiger partial charge in [0.15, 0.2) is 0 Å². The molecule has 19 heavy (non-hydrogen) atoms. The first kappa shape index (κ1) is 11.0. The molecule has 3 aromatic rings. The maximum atomic E-state index is 9.27. The van der Waals surface area contributed by atoms with Crippen LogP contribution in [-0.4, -0.2) is 19.2 Å². The van der Waals surface area contributed by atoms with Crippen molar-refractivity contribution in [2.24, 2.45) is 0 Å². The largest absolute Gasteiger partial charge is 0.322 e. The normalized spacial score (nSPS) is 10.2. The highest BCUT2D eigenvalue weighted by Gasteiger charge is 2.11. The monoisotopic (exact) mass is 248 g/mol. The summed E-state index contributed by atoms with van der Waals surface area (Å²) in [6.45, 7) is 0.416. The highest BCUT2D eigenvalue weighted by Crippen LogP contribution is 2.18. The van der Waals surface area contributed by atoms with E-state index in [0.717, 1.165) is 11.1 Å². The molecule has 6 heteroatoms. The lowest BCUT2D eigenvalue weighted by atomic mass is 10.2. The standard InChI is InChI=1S/C13H8N6/c14-5-11-10(7-18-4-2-1-3-12(11)18)8-19-9-16-13(6-15)17-19/h1-4,7,9H,8H2. The molecule has 0 saturated carbocycles. The van der Waals surface area contributed by atoms with Crippen LogP contribution in [-0.2, 0) is 6.54 Å². The van der Waals surface area contributed by atoms with Crippen LogP contribution in [0.4, 0.5) is 0 Å². The van der Waals surface area contributed by atoms with Crippen molar-refractivity contribution < 1.29 is 0 Å². The number of aromatic nitrogens is 4.